The normalized spacial score (nSPS) is 17.3. The van der Waals surface area contributed by atoms with Crippen LogP contribution in [0.3, 0.4) is 0 Å². The van der Waals surface area contributed by atoms with Crippen LogP contribution in [0, 0.1) is 19.8 Å². The van der Waals surface area contributed by atoms with Gasteiger partial charge in [0, 0.05) is 45.0 Å². The highest BCUT2D eigenvalue weighted by atomic mass is 32.2. The zero-order valence-electron chi connectivity index (χ0n) is 17.6. The van der Waals surface area contributed by atoms with Crippen LogP contribution in [0.4, 0.5) is 0 Å². The molecule has 0 aromatic carbocycles. The lowest BCUT2D eigenvalue weighted by atomic mass is 9.99. The standard InChI is InChI=1S/C20H27N5O5S/c1-14-19(15(2)30-24-14)31(28,29)25-11-3-4-17(13-25)20(27)22-10-7-18(26)23-12-16-5-8-21-9-6-16/h5-6,8-9,17H,3-4,7,10-13H2,1-2H3,(H,22,27)(H,23,26). The van der Waals surface area contributed by atoms with Gasteiger partial charge in [0.15, 0.2) is 5.76 Å². The van der Waals surface area contributed by atoms with Crippen molar-refractivity contribution in [2.45, 2.75) is 44.6 Å². The van der Waals surface area contributed by atoms with Crippen molar-refractivity contribution >= 4 is 21.8 Å². The number of nitrogens with one attached hydrogen (secondary N) is 2. The van der Waals surface area contributed by atoms with Crippen LogP contribution >= 0.6 is 0 Å². The molecule has 1 unspecified atom stereocenters. The number of hydrogen-bond acceptors (Lipinski definition) is 7. The minimum absolute atomic E-state index is 0.0689. The third-order valence-corrected chi connectivity index (χ3v) is 7.32. The van der Waals surface area contributed by atoms with E-state index in [1.54, 1.807) is 26.2 Å². The maximum atomic E-state index is 13.0. The molecule has 168 valence electrons. The molecule has 2 aromatic heterocycles. The molecule has 2 N–H and O–H groups in total. The third kappa shape index (κ3) is 5.67. The van der Waals surface area contributed by atoms with E-state index in [0.29, 0.717) is 31.6 Å². The number of carbonyl (C=O) groups is 2. The maximum absolute atomic E-state index is 13.0. The van der Waals surface area contributed by atoms with E-state index < -0.39 is 15.9 Å². The summed E-state index contributed by atoms with van der Waals surface area (Å²) in [5.74, 6) is -0.658. The van der Waals surface area contributed by atoms with Crippen LogP contribution in [0.5, 0.6) is 0 Å². The fourth-order valence-corrected chi connectivity index (χ4v) is 5.39. The van der Waals surface area contributed by atoms with Gasteiger partial charge in [0.1, 0.15) is 10.6 Å². The summed E-state index contributed by atoms with van der Waals surface area (Å²) in [5.41, 5.74) is 1.25. The molecule has 10 nitrogen and oxygen atoms in total. The molecule has 0 saturated carbocycles. The van der Waals surface area contributed by atoms with Gasteiger partial charge in [0.05, 0.1) is 5.92 Å². The van der Waals surface area contributed by atoms with E-state index in [1.807, 2.05) is 12.1 Å². The molecule has 31 heavy (non-hydrogen) atoms. The summed E-state index contributed by atoms with van der Waals surface area (Å²) >= 11 is 0. The summed E-state index contributed by atoms with van der Waals surface area (Å²) in [4.78, 5) is 28.5. The van der Waals surface area contributed by atoms with Gasteiger partial charge in [-0.3, -0.25) is 14.6 Å². The van der Waals surface area contributed by atoms with Crippen molar-refractivity contribution in [2.24, 2.45) is 5.92 Å². The molecule has 11 heteroatoms. The summed E-state index contributed by atoms with van der Waals surface area (Å²) in [6.07, 6.45) is 4.62. The number of nitrogens with zero attached hydrogens (tertiary/aromatic N) is 3. The average Bonchev–Trinajstić information content (AvgIpc) is 3.11. The van der Waals surface area contributed by atoms with Gasteiger partial charge >= 0.3 is 0 Å². The summed E-state index contributed by atoms with van der Waals surface area (Å²) in [6.45, 7) is 4.15. The highest BCUT2D eigenvalue weighted by Gasteiger charge is 2.36. The van der Waals surface area contributed by atoms with Crippen molar-refractivity contribution in [3.63, 3.8) is 0 Å². The lowest BCUT2D eigenvalue weighted by Gasteiger charge is -2.31. The zero-order chi connectivity index (χ0) is 22.4. The lowest BCUT2D eigenvalue weighted by molar-refractivity contribution is -0.126. The molecule has 1 aliphatic rings. The maximum Gasteiger partial charge on any atom is 0.248 e. The van der Waals surface area contributed by atoms with Crippen molar-refractivity contribution in [2.75, 3.05) is 19.6 Å². The van der Waals surface area contributed by atoms with Crippen LogP contribution < -0.4 is 10.6 Å². The lowest BCUT2D eigenvalue weighted by Crippen LogP contribution is -2.46. The second kappa shape index (κ2) is 10.0. The minimum Gasteiger partial charge on any atom is -0.360 e. The Kier molecular flexibility index (Phi) is 7.39. The Morgan fingerprint density at radius 3 is 2.65 bits per heavy atom. The van der Waals surface area contributed by atoms with E-state index in [-0.39, 0.29) is 42.0 Å². The first-order valence-corrected chi connectivity index (χ1v) is 11.6. The second-order valence-corrected chi connectivity index (χ2v) is 9.40. The van der Waals surface area contributed by atoms with Gasteiger partial charge in [-0.05, 0) is 44.4 Å². The zero-order valence-corrected chi connectivity index (χ0v) is 18.4. The van der Waals surface area contributed by atoms with E-state index >= 15 is 0 Å². The molecule has 1 fully saturated rings. The molecule has 3 heterocycles. The Morgan fingerprint density at radius 2 is 1.97 bits per heavy atom. The minimum atomic E-state index is -3.79. The summed E-state index contributed by atoms with van der Waals surface area (Å²) in [7, 11) is -3.79. The van der Waals surface area contributed by atoms with Crippen molar-refractivity contribution in [3.05, 3.63) is 41.5 Å². The van der Waals surface area contributed by atoms with Crippen LogP contribution in [0.15, 0.2) is 33.9 Å². The number of carbonyl (C=O) groups excluding carboxylic acids is 2. The smallest absolute Gasteiger partial charge is 0.248 e. The molecule has 1 atom stereocenters. The SMILES string of the molecule is Cc1noc(C)c1S(=O)(=O)N1CCCC(C(=O)NCCC(=O)NCc2ccncc2)C1. The van der Waals surface area contributed by atoms with Gasteiger partial charge < -0.3 is 15.2 Å². The Bertz CT molecular complexity index is 1000. The van der Waals surface area contributed by atoms with Gasteiger partial charge in [-0.2, -0.15) is 4.31 Å². The number of aryl methyl sites for hydroxylation is 2. The van der Waals surface area contributed by atoms with Gasteiger partial charge in [0.2, 0.25) is 21.8 Å². The predicted molar refractivity (Wildman–Crippen MR) is 111 cm³/mol. The Balaban J connectivity index is 1.48. The first kappa shape index (κ1) is 22.9. The number of sulfonamides is 1. The topological polar surface area (TPSA) is 134 Å². The number of rotatable bonds is 8. The Labute approximate surface area is 181 Å². The molecule has 1 saturated heterocycles. The average molecular weight is 450 g/mol. The van der Waals surface area contributed by atoms with Crippen molar-refractivity contribution < 1.29 is 22.5 Å². The van der Waals surface area contributed by atoms with E-state index in [0.717, 1.165) is 5.56 Å². The highest BCUT2D eigenvalue weighted by molar-refractivity contribution is 7.89. The summed E-state index contributed by atoms with van der Waals surface area (Å²) in [6, 6.07) is 3.63. The molecule has 0 spiro atoms. The number of aromatic nitrogens is 2. The quantitative estimate of drug-likeness (QED) is 0.612. The third-order valence-electron chi connectivity index (χ3n) is 5.21. The number of hydrogen-bond donors (Lipinski definition) is 2. The molecule has 0 aliphatic carbocycles. The highest BCUT2D eigenvalue weighted by Crippen LogP contribution is 2.27. The number of amides is 2. The second-order valence-electron chi connectivity index (χ2n) is 7.53. The predicted octanol–water partition coefficient (Wildman–Crippen LogP) is 0.910. The van der Waals surface area contributed by atoms with E-state index in [1.165, 1.54) is 4.31 Å². The Morgan fingerprint density at radius 1 is 1.23 bits per heavy atom. The van der Waals surface area contributed by atoms with Crippen molar-refractivity contribution in [1.82, 2.24) is 25.1 Å². The molecule has 0 radical (unpaired) electrons. The molecular weight excluding hydrogens is 422 g/mol. The van der Waals surface area contributed by atoms with Crippen LogP contribution in [0.2, 0.25) is 0 Å². The molecular formula is C20H27N5O5S. The molecule has 2 aromatic rings. The molecule has 0 bridgehead atoms. The van der Waals surface area contributed by atoms with Gasteiger partial charge in [0.25, 0.3) is 0 Å². The van der Waals surface area contributed by atoms with Crippen LogP contribution in [0.1, 0.15) is 36.3 Å². The van der Waals surface area contributed by atoms with Gasteiger partial charge in [-0.25, -0.2) is 8.42 Å². The van der Waals surface area contributed by atoms with Crippen LogP contribution in [-0.4, -0.2) is 54.3 Å². The summed E-state index contributed by atoms with van der Waals surface area (Å²) < 4.78 is 32.3. The molecule has 1 aliphatic heterocycles. The number of pyridine rings is 1. The molecule has 2 amide bonds. The largest absolute Gasteiger partial charge is 0.360 e. The molecule has 3 rings (SSSR count). The van der Waals surface area contributed by atoms with Gasteiger partial charge in [-0.15, -0.1) is 0 Å². The van der Waals surface area contributed by atoms with E-state index in [4.69, 9.17) is 4.52 Å². The first-order chi connectivity index (χ1) is 14.8. The van der Waals surface area contributed by atoms with E-state index in [9.17, 15) is 18.0 Å². The van der Waals surface area contributed by atoms with Crippen LogP contribution in [0.25, 0.3) is 0 Å². The van der Waals surface area contributed by atoms with Crippen molar-refractivity contribution in [3.8, 4) is 0 Å². The van der Waals surface area contributed by atoms with Crippen molar-refractivity contribution in [1.29, 1.82) is 0 Å². The summed E-state index contributed by atoms with van der Waals surface area (Å²) in [5, 5.41) is 9.26. The fourth-order valence-electron chi connectivity index (χ4n) is 3.58. The first-order valence-electron chi connectivity index (χ1n) is 10.2. The fraction of sp³-hybridized carbons (Fsp3) is 0.500. The van der Waals surface area contributed by atoms with Crippen LogP contribution in [-0.2, 0) is 26.2 Å². The van der Waals surface area contributed by atoms with E-state index in [2.05, 4.69) is 20.8 Å². The monoisotopic (exact) mass is 449 g/mol. The Hall–Kier alpha value is -2.79. The number of piperidine rings is 1. The van der Waals surface area contributed by atoms with Gasteiger partial charge in [-0.1, -0.05) is 5.16 Å².